The Morgan fingerprint density at radius 1 is 1.20 bits per heavy atom. The fraction of sp³-hybridized carbons (Fsp3) is 0.200. The Balaban J connectivity index is 1.69. The highest BCUT2D eigenvalue weighted by Gasteiger charge is 2.25. The number of hydrogen-bond acceptors (Lipinski definition) is 3. The van der Waals surface area contributed by atoms with Crippen molar-refractivity contribution < 1.29 is 14.7 Å². The van der Waals surface area contributed by atoms with E-state index in [-0.39, 0.29) is 12.3 Å². The molecule has 0 atom stereocenters. The van der Waals surface area contributed by atoms with Crippen LogP contribution in [0.25, 0.3) is 5.57 Å². The monoisotopic (exact) mass is 336 g/mol. The van der Waals surface area contributed by atoms with Crippen LogP contribution in [-0.2, 0) is 16.0 Å². The predicted molar refractivity (Wildman–Crippen MR) is 98.4 cm³/mol. The topological polar surface area (TPSA) is 78.4 Å². The van der Waals surface area contributed by atoms with Gasteiger partial charge in [-0.1, -0.05) is 24.3 Å². The Hall–Kier alpha value is -3.08. The summed E-state index contributed by atoms with van der Waals surface area (Å²) in [7, 11) is 0. The predicted octanol–water partition coefficient (Wildman–Crippen LogP) is 3.81. The smallest absolute Gasteiger partial charge is 0.303 e. The molecule has 0 unspecified atom stereocenters. The van der Waals surface area contributed by atoms with Crippen molar-refractivity contribution in [2.45, 2.75) is 26.2 Å². The van der Waals surface area contributed by atoms with E-state index < -0.39 is 5.97 Å². The van der Waals surface area contributed by atoms with E-state index in [0.29, 0.717) is 12.0 Å². The van der Waals surface area contributed by atoms with Gasteiger partial charge in [0.15, 0.2) is 0 Å². The summed E-state index contributed by atoms with van der Waals surface area (Å²) in [6.45, 7) is 1.98. The Labute approximate surface area is 146 Å². The molecule has 0 aliphatic carbocycles. The lowest BCUT2D eigenvalue weighted by Gasteiger charge is -2.06. The van der Waals surface area contributed by atoms with Crippen LogP contribution in [0, 0.1) is 6.92 Å². The number of carbonyl (C=O) groups is 2. The number of aliphatic carboxylic acids is 1. The Kier molecular flexibility index (Phi) is 4.84. The molecule has 0 saturated heterocycles. The number of aryl methyl sites for hydroxylation is 2. The van der Waals surface area contributed by atoms with Gasteiger partial charge < -0.3 is 15.7 Å². The molecule has 0 fully saturated rings. The fourth-order valence-corrected chi connectivity index (χ4v) is 2.94. The van der Waals surface area contributed by atoms with E-state index >= 15 is 0 Å². The molecule has 1 amide bonds. The molecule has 0 radical (unpaired) electrons. The third kappa shape index (κ3) is 3.88. The first-order valence-electron chi connectivity index (χ1n) is 8.23. The number of amides is 1. The lowest BCUT2D eigenvalue weighted by atomic mass is 10.0. The average molecular weight is 336 g/mol. The van der Waals surface area contributed by atoms with Crippen LogP contribution in [0.15, 0.2) is 48.7 Å². The number of rotatable bonds is 6. The lowest BCUT2D eigenvalue weighted by Crippen LogP contribution is -2.05. The highest BCUT2D eigenvalue weighted by molar-refractivity contribution is 6.32. The van der Waals surface area contributed by atoms with Gasteiger partial charge in [0.1, 0.15) is 0 Å². The lowest BCUT2D eigenvalue weighted by molar-refractivity contribution is -0.137. The zero-order valence-electron chi connectivity index (χ0n) is 14.0. The Morgan fingerprint density at radius 3 is 2.68 bits per heavy atom. The summed E-state index contributed by atoms with van der Waals surface area (Å²) < 4.78 is 0. The first-order valence-corrected chi connectivity index (χ1v) is 8.23. The molecule has 0 bridgehead atoms. The number of benzene rings is 2. The van der Waals surface area contributed by atoms with E-state index in [9.17, 15) is 9.59 Å². The molecule has 128 valence electrons. The van der Waals surface area contributed by atoms with Crippen LogP contribution in [0.1, 0.15) is 29.5 Å². The molecule has 0 spiro atoms. The summed E-state index contributed by atoms with van der Waals surface area (Å²) in [5.74, 6) is -0.877. The molecule has 3 rings (SSSR count). The summed E-state index contributed by atoms with van der Waals surface area (Å²) in [6, 6.07) is 13.6. The maximum Gasteiger partial charge on any atom is 0.303 e. The number of hydrogen-bond donors (Lipinski definition) is 3. The van der Waals surface area contributed by atoms with Crippen molar-refractivity contribution in [2.75, 3.05) is 10.6 Å². The van der Waals surface area contributed by atoms with Crippen LogP contribution in [0.2, 0.25) is 0 Å². The van der Waals surface area contributed by atoms with E-state index in [1.807, 2.05) is 49.4 Å². The standard InChI is InChI=1S/C20H20N2O3/c1-13-4-2-6-17-19(13)16(20(25)22-17)12-21-15-10-8-14(9-11-15)5-3-7-18(23)24/h2,4,6,8-12,21H,3,5,7H2,1H3,(H,22,25)(H,23,24). The highest BCUT2D eigenvalue weighted by atomic mass is 16.4. The summed E-state index contributed by atoms with van der Waals surface area (Å²) in [5, 5.41) is 14.7. The zero-order chi connectivity index (χ0) is 17.8. The normalized spacial score (nSPS) is 14.3. The molecule has 0 aromatic heterocycles. The molecule has 0 saturated carbocycles. The van der Waals surface area contributed by atoms with E-state index in [0.717, 1.165) is 34.5 Å². The van der Waals surface area contributed by atoms with E-state index in [2.05, 4.69) is 10.6 Å². The molecule has 5 heteroatoms. The first kappa shape index (κ1) is 16.8. The van der Waals surface area contributed by atoms with Gasteiger partial charge in [0.05, 0.1) is 5.57 Å². The third-order valence-corrected chi connectivity index (χ3v) is 4.23. The van der Waals surface area contributed by atoms with E-state index in [4.69, 9.17) is 5.11 Å². The second-order valence-corrected chi connectivity index (χ2v) is 6.10. The Bertz CT molecular complexity index is 839. The van der Waals surface area contributed by atoms with Crippen molar-refractivity contribution in [1.29, 1.82) is 0 Å². The van der Waals surface area contributed by atoms with Gasteiger partial charge in [-0.15, -0.1) is 0 Å². The summed E-state index contributed by atoms with van der Waals surface area (Å²) >= 11 is 0. The maximum absolute atomic E-state index is 12.2. The van der Waals surface area contributed by atoms with E-state index in [1.165, 1.54) is 0 Å². The summed E-state index contributed by atoms with van der Waals surface area (Å²) in [6.07, 6.45) is 3.28. The van der Waals surface area contributed by atoms with Crippen molar-refractivity contribution in [2.24, 2.45) is 0 Å². The van der Waals surface area contributed by atoms with Crippen molar-refractivity contribution in [3.63, 3.8) is 0 Å². The van der Waals surface area contributed by atoms with Crippen LogP contribution in [0.5, 0.6) is 0 Å². The van der Waals surface area contributed by atoms with Crippen LogP contribution >= 0.6 is 0 Å². The molecule has 2 aromatic carbocycles. The molecule has 2 aromatic rings. The number of fused-ring (bicyclic) bond motifs is 1. The minimum Gasteiger partial charge on any atom is -0.481 e. The molecule has 1 aliphatic rings. The van der Waals surface area contributed by atoms with Crippen LogP contribution in [-0.4, -0.2) is 17.0 Å². The highest BCUT2D eigenvalue weighted by Crippen LogP contribution is 2.34. The second-order valence-electron chi connectivity index (χ2n) is 6.10. The molecule has 1 aliphatic heterocycles. The van der Waals surface area contributed by atoms with Gasteiger partial charge in [-0.3, -0.25) is 9.59 Å². The molecular formula is C20H20N2O3. The molecular weight excluding hydrogens is 316 g/mol. The SMILES string of the molecule is Cc1cccc2c1C(=CNc1ccc(CCCC(=O)O)cc1)C(=O)N2. The zero-order valence-corrected chi connectivity index (χ0v) is 14.0. The molecule has 3 N–H and O–H groups in total. The second kappa shape index (κ2) is 7.21. The Morgan fingerprint density at radius 2 is 1.96 bits per heavy atom. The largest absolute Gasteiger partial charge is 0.481 e. The van der Waals surface area contributed by atoms with Crippen LogP contribution in [0.4, 0.5) is 11.4 Å². The van der Waals surface area contributed by atoms with Gasteiger partial charge in [0.25, 0.3) is 5.91 Å². The minimum atomic E-state index is -0.768. The van der Waals surface area contributed by atoms with Gasteiger partial charge in [-0.25, -0.2) is 0 Å². The minimum absolute atomic E-state index is 0.109. The molecule has 1 heterocycles. The summed E-state index contributed by atoms with van der Waals surface area (Å²) in [4.78, 5) is 22.7. The number of carboxylic acids is 1. The number of anilines is 2. The quantitative estimate of drug-likeness (QED) is 0.701. The summed E-state index contributed by atoms with van der Waals surface area (Å²) in [5.41, 5.74) is 5.43. The number of carboxylic acid groups (broad SMARTS) is 1. The third-order valence-electron chi connectivity index (χ3n) is 4.23. The van der Waals surface area contributed by atoms with Crippen molar-refractivity contribution >= 4 is 28.8 Å². The van der Waals surface area contributed by atoms with Crippen LogP contribution in [0.3, 0.4) is 0 Å². The first-order chi connectivity index (χ1) is 12.0. The van der Waals surface area contributed by atoms with Crippen molar-refractivity contribution in [1.82, 2.24) is 0 Å². The van der Waals surface area contributed by atoms with Crippen molar-refractivity contribution in [3.05, 3.63) is 65.4 Å². The van der Waals surface area contributed by atoms with Crippen LogP contribution < -0.4 is 10.6 Å². The van der Waals surface area contributed by atoms with Gasteiger partial charge in [-0.2, -0.15) is 0 Å². The molecule has 5 nitrogen and oxygen atoms in total. The number of carbonyl (C=O) groups excluding carboxylic acids is 1. The van der Waals surface area contributed by atoms with Gasteiger partial charge in [0, 0.05) is 29.6 Å². The van der Waals surface area contributed by atoms with Gasteiger partial charge >= 0.3 is 5.97 Å². The van der Waals surface area contributed by atoms with Gasteiger partial charge in [-0.05, 0) is 49.1 Å². The van der Waals surface area contributed by atoms with Gasteiger partial charge in [0.2, 0.25) is 0 Å². The fourth-order valence-electron chi connectivity index (χ4n) is 2.94. The van der Waals surface area contributed by atoms with E-state index in [1.54, 1.807) is 6.20 Å². The number of nitrogens with one attached hydrogen (secondary N) is 2. The van der Waals surface area contributed by atoms with Crippen molar-refractivity contribution in [3.8, 4) is 0 Å². The maximum atomic E-state index is 12.2. The average Bonchev–Trinajstić information content (AvgIpc) is 2.90. The molecule has 25 heavy (non-hydrogen) atoms.